The molecule has 0 aliphatic rings. The number of aryl methyl sites for hydroxylation is 1. The fraction of sp³-hybridized carbons (Fsp3) is 0.467. The molecule has 0 aliphatic heterocycles. The van der Waals surface area contributed by atoms with E-state index in [-0.39, 0.29) is 5.41 Å². The van der Waals surface area contributed by atoms with Gasteiger partial charge in [-0.15, -0.1) is 11.3 Å². The second-order valence-electron chi connectivity index (χ2n) is 5.67. The lowest BCUT2D eigenvalue weighted by molar-refractivity contribution is 0.604. The Balaban J connectivity index is 2.46. The molecule has 0 unspecified atom stereocenters. The second kappa shape index (κ2) is 5.22. The van der Waals surface area contributed by atoms with Gasteiger partial charge in [-0.05, 0) is 30.9 Å². The Hall–Kier alpha value is -0.930. The van der Waals surface area contributed by atoms with Crippen molar-refractivity contribution in [3.63, 3.8) is 0 Å². The maximum absolute atomic E-state index is 6.23. The monoisotopic (exact) mass is 294 g/mol. The third kappa shape index (κ3) is 2.98. The predicted molar refractivity (Wildman–Crippen MR) is 83.2 cm³/mol. The van der Waals surface area contributed by atoms with Gasteiger partial charge in [-0.25, -0.2) is 9.97 Å². The van der Waals surface area contributed by atoms with E-state index < -0.39 is 0 Å². The molecule has 0 N–H and O–H groups in total. The summed E-state index contributed by atoms with van der Waals surface area (Å²) in [7, 11) is 0. The molecule has 0 saturated carbocycles. The largest absolute Gasteiger partial charge is 0.232 e. The van der Waals surface area contributed by atoms with Gasteiger partial charge in [-0.3, -0.25) is 0 Å². The van der Waals surface area contributed by atoms with Crippen molar-refractivity contribution in [3.05, 3.63) is 33.4 Å². The standard InChI is InChI=1S/C15H19ClN2S/c1-6-10-9(2)17-14(18-13(10)16)11-7-8-12(19-11)15(3,4)5/h7-8H,6H2,1-5H3. The van der Waals surface area contributed by atoms with Crippen molar-refractivity contribution in [2.45, 2.75) is 46.5 Å². The lowest BCUT2D eigenvalue weighted by Crippen LogP contribution is -2.07. The number of thiophene rings is 1. The van der Waals surface area contributed by atoms with Crippen molar-refractivity contribution in [2.75, 3.05) is 0 Å². The van der Waals surface area contributed by atoms with Crippen LogP contribution in [0.3, 0.4) is 0 Å². The molecule has 0 fully saturated rings. The molecular formula is C15H19ClN2S. The summed E-state index contributed by atoms with van der Waals surface area (Å²) < 4.78 is 0. The van der Waals surface area contributed by atoms with Gasteiger partial charge >= 0.3 is 0 Å². The lowest BCUT2D eigenvalue weighted by atomic mass is 9.95. The number of halogens is 1. The summed E-state index contributed by atoms with van der Waals surface area (Å²) in [6, 6.07) is 4.24. The second-order valence-corrected chi connectivity index (χ2v) is 7.11. The van der Waals surface area contributed by atoms with Crippen molar-refractivity contribution >= 4 is 22.9 Å². The van der Waals surface area contributed by atoms with Gasteiger partial charge in [0, 0.05) is 16.1 Å². The molecule has 0 bridgehead atoms. The van der Waals surface area contributed by atoms with E-state index in [4.69, 9.17) is 11.6 Å². The van der Waals surface area contributed by atoms with Gasteiger partial charge < -0.3 is 0 Å². The molecule has 19 heavy (non-hydrogen) atoms. The minimum absolute atomic E-state index is 0.158. The van der Waals surface area contributed by atoms with Gasteiger partial charge in [0.25, 0.3) is 0 Å². The van der Waals surface area contributed by atoms with E-state index in [0.717, 1.165) is 28.4 Å². The summed E-state index contributed by atoms with van der Waals surface area (Å²) >= 11 is 7.98. The molecule has 0 saturated heterocycles. The van der Waals surface area contributed by atoms with Crippen LogP contribution in [0.1, 0.15) is 43.8 Å². The first-order chi connectivity index (χ1) is 8.82. The molecular weight excluding hydrogens is 276 g/mol. The van der Waals surface area contributed by atoms with Gasteiger partial charge in [0.15, 0.2) is 5.82 Å². The van der Waals surface area contributed by atoms with Crippen molar-refractivity contribution < 1.29 is 0 Å². The first kappa shape index (κ1) is 14.5. The topological polar surface area (TPSA) is 25.8 Å². The summed E-state index contributed by atoms with van der Waals surface area (Å²) in [6.45, 7) is 10.7. The zero-order valence-corrected chi connectivity index (χ0v) is 13.6. The molecule has 2 heterocycles. The van der Waals surface area contributed by atoms with Crippen molar-refractivity contribution in [1.82, 2.24) is 9.97 Å². The highest BCUT2D eigenvalue weighted by atomic mass is 35.5. The third-order valence-corrected chi connectivity index (χ3v) is 4.90. The first-order valence-corrected chi connectivity index (χ1v) is 7.66. The smallest absolute Gasteiger partial charge is 0.171 e. The minimum atomic E-state index is 0.158. The van der Waals surface area contributed by atoms with E-state index in [1.165, 1.54) is 4.88 Å². The van der Waals surface area contributed by atoms with Crippen LogP contribution in [0.25, 0.3) is 10.7 Å². The zero-order chi connectivity index (χ0) is 14.2. The van der Waals surface area contributed by atoms with Gasteiger partial charge in [0.05, 0.1) is 4.88 Å². The minimum Gasteiger partial charge on any atom is -0.232 e. The molecule has 2 rings (SSSR count). The average molecular weight is 295 g/mol. The fourth-order valence-electron chi connectivity index (χ4n) is 1.93. The molecule has 0 amide bonds. The summed E-state index contributed by atoms with van der Waals surface area (Å²) in [6.07, 6.45) is 0.864. The SMILES string of the molecule is CCc1c(C)nc(-c2ccc(C(C)(C)C)s2)nc1Cl. The van der Waals surface area contributed by atoms with Crippen LogP contribution in [0, 0.1) is 6.92 Å². The molecule has 102 valence electrons. The Labute approximate surface area is 123 Å². The molecule has 0 spiro atoms. The summed E-state index contributed by atoms with van der Waals surface area (Å²) in [4.78, 5) is 11.4. The number of rotatable bonds is 2. The normalized spacial score (nSPS) is 11.9. The fourth-order valence-corrected chi connectivity index (χ4v) is 3.28. The summed E-state index contributed by atoms with van der Waals surface area (Å²) in [5.41, 5.74) is 2.17. The van der Waals surface area contributed by atoms with Crippen LogP contribution < -0.4 is 0 Å². The van der Waals surface area contributed by atoms with Crippen LogP contribution in [0.4, 0.5) is 0 Å². The van der Waals surface area contributed by atoms with Crippen LogP contribution in [0.5, 0.6) is 0 Å². The van der Waals surface area contributed by atoms with E-state index in [2.05, 4.69) is 49.8 Å². The van der Waals surface area contributed by atoms with Crippen molar-refractivity contribution in [1.29, 1.82) is 0 Å². The van der Waals surface area contributed by atoms with Crippen LogP contribution >= 0.6 is 22.9 Å². The van der Waals surface area contributed by atoms with E-state index in [9.17, 15) is 0 Å². The Bertz CT molecular complexity index is 573. The Morgan fingerprint density at radius 2 is 1.89 bits per heavy atom. The van der Waals surface area contributed by atoms with Crippen LogP contribution in [0.15, 0.2) is 12.1 Å². The van der Waals surface area contributed by atoms with Crippen LogP contribution in [0.2, 0.25) is 5.15 Å². The maximum Gasteiger partial charge on any atom is 0.171 e. The Kier molecular flexibility index (Phi) is 3.98. The Morgan fingerprint density at radius 1 is 1.21 bits per heavy atom. The molecule has 2 aromatic rings. The van der Waals surface area contributed by atoms with Gasteiger partial charge in [0.2, 0.25) is 0 Å². The molecule has 0 aliphatic carbocycles. The summed E-state index contributed by atoms with van der Waals surface area (Å²) in [5.74, 6) is 0.736. The number of hydrogen-bond donors (Lipinski definition) is 0. The highest BCUT2D eigenvalue weighted by Gasteiger charge is 2.18. The van der Waals surface area contributed by atoms with Crippen LogP contribution in [-0.2, 0) is 11.8 Å². The van der Waals surface area contributed by atoms with Gasteiger partial charge in [-0.2, -0.15) is 0 Å². The summed E-state index contributed by atoms with van der Waals surface area (Å²) in [5, 5.41) is 0.579. The molecule has 0 aromatic carbocycles. The van der Waals surface area contributed by atoms with E-state index in [0.29, 0.717) is 5.15 Å². The highest BCUT2D eigenvalue weighted by Crippen LogP contribution is 2.34. The molecule has 2 aromatic heterocycles. The molecule has 0 radical (unpaired) electrons. The van der Waals surface area contributed by atoms with Crippen LogP contribution in [-0.4, -0.2) is 9.97 Å². The van der Waals surface area contributed by atoms with Crippen molar-refractivity contribution in [2.24, 2.45) is 0 Å². The van der Waals surface area contributed by atoms with Gasteiger partial charge in [-0.1, -0.05) is 39.3 Å². The van der Waals surface area contributed by atoms with E-state index >= 15 is 0 Å². The van der Waals surface area contributed by atoms with E-state index in [1.807, 2.05) is 6.92 Å². The number of hydrogen-bond acceptors (Lipinski definition) is 3. The lowest BCUT2D eigenvalue weighted by Gasteiger charge is -2.15. The molecule has 0 atom stereocenters. The maximum atomic E-state index is 6.23. The van der Waals surface area contributed by atoms with Gasteiger partial charge in [0.1, 0.15) is 5.15 Å². The van der Waals surface area contributed by atoms with E-state index in [1.54, 1.807) is 11.3 Å². The third-order valence-electron chi connectivity index (χ3n) is 3.08. The highest BCUT2D eigenvalue weighted by molar-refractivity contribution is 7.15. The number of aromatic nitrogens is 2. The first-order valence-electron chi connectivity index (χ1n) is 6.46. The quantitative estimate of drug-likeness (QED) is 0.726. The zero-order valence-electron chi connectivity index (χ0n) is 12.0. The molecule has 4 heteroatoms. The average Bonchev–Trinajstić information content (AvgIpc) is 2.77. The van der Waals surface area contributed by atoms with Crippen molar-refractivity contribution in [3.8, 4) is 10.7 Å². The number of nitrogens with zero attached hydrogens (tertiary/aromatic N) is 2. The Morgan fingerprint density at radius 3 is 2.37 bits per heavy atom. The predicted octanol–water partition coefficient (Wildman–Crippen LogP) is 5.03. The molecule has 2 nitrogen and oxygen atoms in total.